The van der Waals surface area contributed by atoms with E-state index in [0.29, 0.717) is 30.1 Å². The van der Waals surface area contributed by atoms with Gasteiger partial charge in [0.15, 0.2) is 11.6 Å². The molecule has 1 amide bonds. The molecule has 0 aliphatic heterocycles. The van der Waals surface area contributed by atoms with E-state index in [2.05, 4.69) is 36.4 Å². The average Bonchev–Trinajstić information content (AvgIpc) is 3.14. The van der Waals surface area contributed by atoms with Crippen LogP contribution >= 0.6 is 0 Å². The molecule has 4 nitrogen and oxygen atoms in total. The summed E-state index contributed by atoms with van der Waals surface area (Å²) < 4.78 is 28.0. The number of hydrogen-bond acceptors (Lipinski definition) is 2. The fourth-order valence-corrected chi connectivity index (χ4v) is 3.09. The zero-order valence-corrected chi connectivity index (χ0v) is 16.8. The monoisotopic (exact) mass is 397 g/mol. The lowest BCUT2D eigenvalue weighted by Gasteiger charge is -2.12. The van der Waals surface area contributed by atoms with Gasteiger partial charge in [0.2, 0.25) is 5.91 Å². The molecule has 152 valence electrons. The molecule has 0 aliphatic carbocycles. The molecule has 3 aromatic rings. The molecule has 0 aliphatic rings. The largest absolute Gasteiger partial charge is 0.348 e. The summed E-state index contributed by atoms with van der Waals surface area (Å²) in [6, 6.07) is 13.4. The Morgan fingerprint density at radius 1 is 1.00 bits per heavy atom. The first-order valence-electron chi connectivity index (χ1n) is 9.67. The molecule has 1 N–H and O–H groups in total. The van der Waals surface area contributed by atoms with Crippen LogP contribution in [-0.2, 0) is 17.8 Å². The van der Waals surface area contributed by atoms with E-state index in [1.807, 2.05) is 25.1 Å². The molecule has 3 rings (SSSR count). The second-order valence-electron chi connectivity index (χ2n) is 7.55. The van der Waals surface area contributed by atoms with Gasteiger partial charge in [0, 0.05) is 6.20 Å². The Kier molecular flexibility index (Phi) is 6.42. The van der Waals surface area contributed by atoms with Crippen LogP contribution in [0.25, 0.3) is 0 Å². The quantitative estimate of drug-likeness (QED) is 0.625. The summed E-state index contributed by atoms with van der Waals surface area (Å²) >= 11 is 0. The Labute approximate surface area is 169 Å². The van der Waals surface area contributed by atoms with Crippen LogP contribution in [0.4, 0.5) is 8.78 Å². The maximum atomic E-state index is 13.3. The van der Waals surface area contributed by atoms with Crippen molar-refractivity contribution in [2.45, 2.75) is 45.7 Å². The van der Waals surface area contributed by atoms with Gasteiger partial charge in [-0.05, 0) is 47.7 Å². The molecule has 0 spiro atoms. The molecular formula is C23H25F2N3O. The van der Waals surface area contributed by atoms with Gasteiger partial charge in [-0.2, -0.15) is 5.10 Å². The Morgan fingerprint density at radius 2 is 1.69 bits per heavy atom. The summed E-state index contributed by atoms with van der Waals surface area (Å²) in [6.07, 6.45) is 2.06. The highest BCUT2D eigenvalue weighted by Gasteiger charge is 2.13. The molecule has 0 radical (unpaired) electrons. The molecule has 29 heavy (non-hydrogen) atoms. The fraction of sp³-hybridized carbons (Fsp3) is 0.304. The number of nitrogens with zero attached hydrogens (tertiary/aromatic N) is 2. The number of carbonyl (C=O) groups is 1. The van der Waals surface area contributed by atoms with Gasteiger partial charge >= 0.3 is 0 Å². The maximum absolute atomic E-state index is 13.3. The normalized spacial score (nSPS) is 12.2. The second kappa shape index (κ2) is 8.99. The summed E-state index contributed by atoms with van der Waals surface area (Å²) in [5, 5.41) is 7.39. The van der Waals surface area contributed by atoms with Gasteiger partial charge in [0.25, 0.3) is 0 Å². The Hall–Kier alpha value is -3.02. The first kappa shape index (κ1) is 20.7. The third-order valence-electron chi connectivity index (χ3n) is 4.82. The average molecular weight is 397 g/mol. The number of carbonyl (C=O) groups excluding carboxylic acids is 1. The number of rotatable bonds is 7. The molecule has 1 heterocycles. The molecule has 1 aromatic heterocycles. The number of amides is 1. The molecular weight excluding hydrogens is 372 g/mol. The number of halogens is 2. The summed E-state index contributed by atoms with van der Waals surface area (Å²) in [5.41, 5.74) is 3.52. The van der Waals surface area contributed by atoms with E-state index in [0.717, 1.165) is 17.7 Å². The van der Waals surface area contributed by atoms with Crippen LogP contribution < -0.4 is 5.32 Å². The van der Waals surface area contributed by atoms with Crippen LogP contribution in [0.5, 0.6) is 0 Å². The predicted molar refractivity (Wildman–Crippen MR) is 108 cm³/mol. The summed E-state index contributed by atoms with van der Waals surface area (Å²) in [5.74, 6) is -1.37. The number of hydrogen-bond donors (Lipinski definition) is 1. The minimum Gasteiger partial charge on any atom is -0.348 e. The van der Waals surface area contributed by atoms with E-state index in [4.69, 9.17) is 0 Å². The standard InChI is InChI=1S/C23H25F2N3O/c1-15(2)19-7-4-17(5-8-19)13-23(29)26-16(3)22-10-11-28(27-22)14-18-6-9-20(24)21(25)12-18/h4-12,15-16H,13-14H2,1-3H3,(H,26,29). The first-order chi connectivity index (χ1) is 13.8. The topological polar surface area (TPSA) is 46.9 Å². The Balaban J connectivity index is 1.57. The first-order valence-corrected chi connectivity index (χ1v) is 9.67. The van der Waals surface area contributed by atoms with E-state index in [1.165, 1.54) is 11.6 Å². The van der Waals surface area contributed by atoms with Crippen molar-refractivity contribution in [2.24, 2.45) is 0 Å². The SMILES string of the molecule is CC(C)c1ccc(CC(=O)NC(C)c2ccn(Cc3ccc(F)c(F)c3)n2)cc1. The molecule has 6 heteroatoms. The van der Waals surface area contributed by atoms with E-state index in [-0.39, 0.29) is 11.9 Å². The van der Waals surface area contributed by atoms with Crippen molar-refractivity contribution in [1.82, 2.24) is 15.1 Å². The predicted octanol–water partition coefficient (Wildman–Crippen LogP) is 4.75. The van der Waals surface area contributed by atoms with E-state index in [9.17, 15) is 13.6 Å². The Bertz CT molecular complexity index is 980. The van der Waals surface area contributed by atoms with Crippen LogP contribution in [0, 0.1) is 11.6 Å². The van der Waals surface area contributed by atoms with Crippen molar-refractivity contribution in [3.8, 4) is 0 Å². The van der Waals surface area contributed by atoms with Crippen molar-refractivity contribution in [3.05, 3.63) is 88.7 Å². The molecule has 0 fully saturated rings. The van der Waals surface area contributed by atoms with Crippen molar-refractivity contribution >= 4 is 5.91 Å². The fourth-order valence-electron chi connectivity index (χ4n) is 3.09. The van der Waals surface area contributed by atoms with Gasteiger partial charge in [0.1, 0.15) is 0 Å². The van der Waals surface area contributed by atoms with Gasteiger partial charge in [0.05, 0.1) is 24.7 Å². The minimum absolute atomic E-state index is 0.0787. The number of benzene rings is 2. The van der Waals surface area contributed by atoms with Gasteiger partial charge < -0.3 is 5.32 Å². The molecule has 0 bridgehead atoms. The lowest BCUT2D eigenvalue weighted by atomic mass is 10.0. The highest BCUT2D eigenvalue weighted by molar-refractivity contribution is 5.78. The zero-order chi connectivity index (χ0) is 21.0. The molecule has 0 saturated heterocycles. The highest BCUT2D eigenvalue weighted by atomic mass is 19.2. The minimum atomic E-state index is -0.878. The van der Waals surface area contributed by atoms with Crippen LogP contribution in [-0.4, -0.2) is 15.7 Å². The maximum Gasteiger partial charge on any atom is 0.224 e. The zero-order valence-electron chi connectivity index (χ0n) is 16.8. The summed E-state index contributed by atoms with van der Waals surface area (Å²) in [6.45, 7) is 6.45. The molecule has 2 aromatic carbocycles. The van der Waals surface area contributed by atoms with E-state index < -0.39 is 11.6 Å². The van der Waals surface area contributed by atoms with Crippen LogP contribution in [0.3, 0.4) is 0 Å². The van der Waals surface area contributed by atoms with E-state index >= 15 is 0 Å². The van der Waals surface area contributed by atoms with Crippen LogP contribution in [0.2, 0.25) is 0 Å². The second-order valence-corrected chi connectivity index (χ2v) is 7.55. The van der Waals surface area contributed by atoms with Crippen LogP contribution in [0.1, 0.15) is 55.1 Å². The third-order valence-corrected chi connectivity index (χ3v) is 4.82. The molecule has 1 unspecified atom stereocenters. The highest BCUT2D eigenvalue weighted by Crippen LogP contribution is 2.16. The number of aromatic nitrogens is 2. The van der Waals surface area contributed by atoms with Gasteiger partial charge in [-0.15, -0.1) is 0 Å². The van der Waals surface area contributed by atoms with Crippen LogP contribution in [0.15, 0.2) is 54.7 Å². The van der Waals surface area contributed by atoms with Gasteiger partial charge in [-0.25, -0.2) is 8.78 Å². The summed E-state index contributed by atoms with van der Waals surface area (Å²) in [7, 11) is 0. The van der Waals surface area contributed by atoms with Gasteiger partial charge in [-0.3, -0.25) is 9.48 Å². The summed E-state index contributed by atoms with van der Waals surface area (Å²) in [4.78, 5) is 12.4. The van der Waals surface area contributed by atoms with Crippen molar-refractivity contribution in [2.75, 3.05) is 0 Å². The third kappa shape index (κ3) is 5.50. The number of nitrogens with one attached hydrogen (secondary N) is 1. The lowest BCUT2D eigenvalue weighted by molar-refractivity contribution is -0.121. The van der Waals surface area contributed by atoms with Crippen molar-refractivity contribution in [3.63, 3.8) is 0 Å². The Morgan fingerprint density at radius 3 is 2.34 bits per heavy atom. The van der Waals surface area contributed by atoms with Gasteiger partial charge in [-0.1, -0.05) is 44.2 Å². The molecule has 0 saturated carbocycles. The van der Waals surface area contributed by atoms with Crippen molar-refractivity contribution < 1.29 is 13.6 Å². The van der Waals surface area contributed by atoms with E-state index in [1.54, 1.807) is 10.9 Å². The smallest absolute Gasteiger partial charge is 0.224 e. The molecule has 1 atom stereocenters. The van der Waals surface area contributed by atoms with Crippen molar-refractivity contribution in [1.29, 1.82) is 0 Å². The lowest BCUT2D eigenvalue weighted by Crippen LogP contribution is -2.28.